The summed E-state index contributed by atoms with van der Waals surface area (Å²) in [4.78, 5) is 27.1. The Balaban J connectivity index is 1.37. The maximum atomic E-state index is 13.4. The molecule has 0 unspecified atom stereocenters. The fraction of sp³-hybridized carbons (Fsp3) is 0.593. The van der Waals surface area contributed by atoms with E-state index in [1.807, 2.05) is 19.9 Å². The standard InChI is InChI=1S/C27H38N6O4S/c1-18-16-33(12-13-37-18)25-23(36-3)5-4-20(29-25)26(35)30-21-15-28-24(31-38-19(2)17-34)14-22(21)32-10-8-27(6-7-27)9-11-32/h4-5,14-15,18-19,34H,6-13,16-17H2,1-3H3,(H,28,31)(H,30,35)/t18-,19+/m1/s1. The minimum absolute atomic E-state index is 0.0362. The van der Waals surface area contributed by atoms with Gasteiger partial charge in [0.25, 0.3) is 5.91 Å². The average Bonchev–Trinajstić information content (AvgIpc) is 3.70. The van der Waals surface area contributed by atoms with Crippen molar-refractivity contribution in [2.75, 3.05) is 66.3 Å². The first-order valence-electron chi connectivity index (χ1n) is 13.4. The number of hydrogen-bond acceptors (Lipinski definition) is 10. The molecule has 206 valence electrons. The lowest BCUT2D eigenvalue weighted by Crippen LogP contribution is -2.41. The summed E-state index contributed by atoms with van der Waals surface area (Å²) in [5.41, 5.74) is 2.46. The fourth-order valence-corrected chi connectivity index (χ4v) is 5.61. The number of ether oxygens (including phenoxy) is 2. The van der Waals surface area contributed by atoms with Crippen LogP contribution in [-0.2, 0) is 4.74 Å². The van der Waals surface area contributed by atoms with E-state index >= 15 is 0 Å². The van der Waals surface area contributed by atoms with Gasteiger partial charge in [0, 0.05) is 37.5 Å². The Kier molecular flexibility index (Phi) is 8.15. The van der Waals surface area contributed by atoms with Crippen molar-refractivity contribution >= 4 is 40.9 Å². The van der Waals surface area contributed by atoms with E-state index < -0.39 is 0 Å². The second kappa shape index (κ2) is 11.5. The van der Waals surface area contributed by atoms with Crippen LogP contribution in [0.5, 0.6) is 5.75 Å². The summed E-state index contributed by atoms with van der Waals surface area (Å²) in [6, 6.07) is 5.47. The first-order chi connectivity index (χ1) is 18.4. The van der Waals surface area contributed by atoms with Gasteiger partial charge in [-0.1, -0.05) is 0 Å². The van der Waals surface area contributed by atoms with Crippen LogP contribution in [0.25, 0.3) is 0 Å². The van der Waals surface area contributed by atoms with Crippen molar-refractivity contribution in [2.45, 2.75) is 50.9 Å². The van der Waals surface area contributed by atoms with Gasteiger partial charge in [-0.15, -0.1) is 0 Å². The number of carbonyl (C=O) groups is 1. The normalized spacial score (nSPS) is 21.2. The molecule has 0 aromatic carbocycles. The Morgan fingerprint density at radius 3 is 2.74 bits per heavy atom. The van der Waals surface area contributed by atoms with Gasteiger partial charge in [-0.25, -0.2) is 9.97 Å². The number of nitrogens with one attached hydrogen (secondary N) is 2. The number of carbonyl (C=O) groups excluding carboxylic acids is 1. The number of anilines is 4. The minimum Gasteiger partial charge on any atom is -0.493 e. The average molecular weight is 543 g/mol. The number of aliphatic hydroxyl groups excluding tert-OH is 1. The number of nitrogens with zero attached hydrogens (tertiary/aromatic N) is 4. The third-order valence-electron chi connectivity index (χ3n) is 7.71. The summed E-state index contributed by atoms with van der Waals surface area (Å²) in [6.45, 7) is 7.92. The van der Waals surface area contributed by atoms with Crippen molar-refractivity contribution in [3.63, 3.8) is 0 Å². The zero-order valence-corrected chi connectivity index (χ0v) is 23.2. The van der Waals surface area contributed by atoms with Gasteiger partial charge in [0.1, 0.15) is 11.5 Å². The number of aromatic nitrogens is 2. The van der Waals surface area contributed by atoms with E-state index in [1.165, 1.54) is 37.6 Å². The van der Waals surface area contributed by atoms with Crippen LogP contribution in [-0.4, -0.2) is 78.8 Å². The van der Waals surface area contributed by atoms with Crippen LogP contribution in [0.15, 0.2) is 24.4 Å². The number of pyridine rings is 2. The quantitative estimate of drug-likeness (QED) is 0.405. The number of morpholine rings is 1. The Labute approximate surface area is 228 Å². The molecule has 2 aromatic heterocycles. The number of rotatable bonds is 9. The largest absolute Gasteiger partial charge is 0.493 e. The van der Waals surface area contributed by atoms with Gasteiger partial charge in [-0.3, -0.25) is 4.79 Å². The van der Waals surface area contributed by atoms with Gasteiger partial charge in [0.05, 0.1) is 44.0 Å². The summed E-state index contributed by atoms with van der Waals surface area (Å²) in [5.74, 6) is 1.68. The third kappa shape index (κ3) is 6.10. The Morgan fingerprint density at radius 2 is 2.05 bits per heavy atom. The summed E-state index contributed by atoms with van der Waals surface area (Å²) in [6.07, 6.45) is 6.78. The summed E-state index contributed by atoms with van der Waals surface area (Å²) >= 11 is 1.43. The monoisotopic (exact) mass is 542 g/mol. The van der Waals surface area contributed by atoms with Crippen molar-refractivity contribution in [3.8, 4) is 5.75 Å². The van der Waals surface area contributed by atoms with E-state index in [9.17, 15) is 9.90 Å². The Bertz CT molecular complexity index is 1140. The number of amides is 1. The highest BCUT2D eigenvalue weighted by Gasteiger charge is 2.44. The van der Waals surface area contributed by atoms with E-state index in [0.717, 1.165) is 18.8 Å². The van der Waals surface area contributed by atoms with Crippen molar-refractivity contribution in [1.82, 2.24) is 9.97 Å². The highest BCUT2D eigenvalue weighted by atomic mass is 32.2. The maximum absolute atomic E-state index is 13.4. The zero-order valence-electron chi connectivity index (χ0n) is 22.4. The van der Waals surface area contributed by atoms with Crippen LogP contribution in [0.3, 0.4) is 0 Å². The summed E-state index contributed by atoms with van der Waals surface area (Å²) in [7, 11) is 1.61. The summed E-state index contributed by atoms with van der Waals surface area (Å²) < 4.78 is 14.5. The van der Waals surface area contributed by atoms with Crippen LogP contribution in [0.2, 0.25) is 0 Å². The van der Waals surface area contributed by atoms with Crippen molar-refractivity contribution in [3.05, 3.63) is 30.1 Å². The van der Waals surface area contributed by atoms with Crippen molar-refractivity contribution in [2.24, 2.45) is 5.41 Å². The lowest BCUT2D eigenvalue weighted by atomic mass is 9.93. The van der Waals surface area contributed by atoms with Crippen LogP contribution < -0.4 is 24.6 Å². The van der Waals surface area contributed by atoms with Crippen LogP contribution in [0.1, 0.15) is 50.0 Å². The molecule has 2 atom stereocenters. The van der Waals surface area contributed by atoms with E-state index in [4.69, 9.17) is 14.5 Å². The molecule has 11 heteroatoms. The molecule has 2 saturated heterocycles. The molecule has 1 saturated carbocycles. The SMILES string of the molecule is COc1ccc(C(=O)Nc2cnc(NS[C@@H](C)CO)cc2N2CCC3(CC2)CC3)nc1N1CCO[C@H](C)C1. The van der Waals surface area contributed by atoms with Gasteiger partial charge >= 0.3 is 0 Å². The molecular formula is C27H38N6O4S. The number of methoxy groups -OCH3 is 1. The van der Waals surface area contributed by atoms with E-state index in [2.05, 4.69) is 24.8 Å². The maximum Gasteiger partial charge on any atom is 0.274 e. The second-order valence-corrected chi connectivity index (χ2v) is 11.8. The lowest BCUT2D eigenvalue weighted by Gasteiger charge is -2.35. The molecule has 1 aliphatic carbocycles. The summed E-state index contributed by atoms with van der Waals surface area (Å²) in [5, 5.41) is 12.5. The molecule has 38 heavy (non-hydrogen) atoms. The third-order valence-corrected chi connectivity index (χ3v) is 8.58. The molecule has 0 bridgehead atoms. The lowest BCUT2D eigenvalue weighted by molar-refractivity contribution is 0.0527. The number of piperidine rings is 1. The molecule has 3 fully saturated rings. The minimum atomic E-state index is -0.294. The van der Waals surface area contributed by atoms with E-state index in [0.29, 0.717) is 53.9 Å². The topological polar surface area (TPSA) is 112 Å². The molecule has 5 rings (SSSR count). The van der Waals surface area contributed by atoms with Gasteiger partial charge in [0.15, 0.2) is 11.6 Å². The molecule has 1 spiro atoms. The van der Waals surface area contributed by atoms with Gasteiger partial charge in [-0.2, -0.15) is 0 Å². The van der Waals surface area contributed by atoms with Gasteiger partial charge in [-0.05, 0) is 69.0 Å². The second-order valence-electron chi connectivity index (χ2n) is 10.6. The Morgan fingerprint density at radius 1 is 1.26 bits per heavy atom. The van der Waals surface area contributed by atoms with Crippen LogP contribution in [0, 0.1) is 5.41 Å². The van der Waals surface area contributed by atoms with Crippen molar-refractivity contribution < 1.29 is 19.4 Å². The molecule has 0 radical (unpaired) electrons. The molecule has 4 heterocycles. The van der Waals surface area contributed by atoms with Crippen LogP contribution >= 0.6 is 11.9 Å². The predicted molar refractivity (Wildman–Crippen MR) is 151 cm³/mol. The van der Waals surface area contributed by atoms with Gasteiger partial charge in [0.2, 0.25) is 0 Å². The smallest absolute Gasteiger partial charge is 0.274 e. The highest BCUT2D eigenvalue weighted by Crippen LogP contribution is 2.54. The molecular weight excluding hydrogens is 504 g/mol. The highest BCUT2D eigenvalue weighted by molar-refractivity contribution is 8.01. The first-order valence-corrected chi connectivity index (χ1v) is 14.3. The van der Waals surface area contributed by atoms with Crippen molar-refractivity contribution in [1.29, 1.82) is 0 Å². The van der Waals surface area contributed by atoms with Gasteiger partial charge < -0.3 is 34.4 Å². The number of hydrogen-bond donors (Lipinski definition) is 3. The molecule has 10 nitrogen and oxygen atoms in total. The van der Waals surface area contributed by atoms with Crippen LogP contribution in [0.4, 0.5) is 23.0 Å². The van der Waals surface area contributed by atoms with E-state index in [-0.39, 0.29) is 23.9 Å². The Hall–Kier alpha value is -2.76. The molecule has 2 aliphatic heterocycles. The molecule has 3 aliphatic rings. The van der Waals surface area contributed by atoms with E-state index in [1.54, 1.807) is 25.4 Å². The molecule has 1 amide bonds. The predicted octanol–water partition coefficient (Wildman–Crippen LogP) is 3.78. The molecule has 3 N–H and O–H groups in total. The number of aliphatic hydroxyl groups is 1. The molecule has 2 aromatic rings. The zero-order chi connectivity index (χ0) is 26.7. The fourth-order valence-electron chi connectivity index (χ4n) is 5.10. The first kappa shape index (κ1) is 26.8.